The molecule has 0 unspecified atom stereocenters. The Morgan fingerprint density at radius 2 is 1.62 bits per heavy atom. The highest BCUT2D eigenvalue weighted by Gasteiger charge is 2.16. The molecule has 126 valence electrons. The van der Waals surface area contributed by atoms with E-state index in [-0.39, 0.29) is 5.41 Å². The van der Waals surface area contributed by atoms with Gasteiger partial charge in [-0.25, -0.2) is 4.98 Å². The second kappa shape index (κ2) is 6.19. The first-order chi connectivity index (χ1) is 11.4. The maximum absolute atomic E-state index is 5.89. The largest absolute Gasteiger partial charge is 0.497 e. The Hall–Kier alpha value is -2.49. The average molecular weight is 325 g/mol. The molecule has 0 amide bonds. The summed E-state index contributed by atoms with van der Waals surface area (Å²) in [6.07, 6.45) is 0.590. The number of fused-ring (bicyclic) bond motifs is 1. The Morgan fingerprint density at radius 3 is 2.21 bits per heavy atom. The van der Waals surface area contributed by atoms with Crippen LogP contribution in [0.25, 0.3) is 11.1 Å². The third kappa shape index (κ3) is 3.37. The Morgan fingerprint density at radius 1 is 0.958 bits per heavy atom. The van der Waals surface area contributed by atoms with Crippen LogP contribution >= 0.6 is 0 Å². The quantitative estimate of drug-likeness (QED) is 0.695. The highest BCUT2D eigenvalue weighted by atomic mass is 16.5. The van der Waals surface area contributed by atoms with E-state index in [4.69, 9.17) is 13.9 Å². The van der Waals surface area contributed by atoms with Gasteiger partial charge in [0.1, 0.15) is 17.0 Å². The van der Waals surface area contributed by atoms with E-state index < -0.39 is 0 Å². The van der Waals surface area contributed by atoms with Gasteiger partial charge in [-0.15, -0.1) is 0 Å². The van der Waals surface area contributed by atoms with Gasteiger partial charge in [-0.3, -0.25) is 0 Å². The molecule has 0 spiro atoms. The SMILES string of the molecule is COc1cc(Cc2nc3cc(C(C)(C)C)ccc3o2)cc(OC)c1. The number of ether oxygens (including phenoxy) is 2. The molecule has 3 rings (SSSR count). The van der Waals surface area contributed by atoms with E-state index in [1.807, 2.05) is 24.3 Å². The van der Waals surface area contributed by atoms with Crippen LogP contribution in [0.1, 0.15) is 37.8 Å². The summed E-state index contributed by atoms with van der Waals surface area (Å²) in [4.78, 5) is 4.64. The molecule has 0 aliphatic carbocycles. The number of oxazole rings is 1. The molecule has 4 nitrogen and oxygen atoms in total. The summed E-state index contributed by atoms with van der Waals surface area (Å²) in [5.74, 6) is 2.21. The summed E-state index contributed by atoms with van der Waals surface area (Å²) >= 11 is 0. The molecule has 4 heteroatoms. The molecule has 0 atom stereocenters. The monoisotopic (exact) mass is 325 g/mol. The van der Waals surface area contributed by atoms with E-state index in [2.05, 4.69) is 37.9 Å². The van der Waals surface area contributed by atoms with E-state index in [1.165, 1.54) is 5.56 Å². The van der Waals surface area contributed by atoms with E-state index in [1.54, 1.807) is 14.2 Å². The molecule has 3 aromatic rings. The molecule has 0 radical (unpaired) electrons. The van der Waals surface area contributed by atoms with Gasteiger partial charge in [0.05, 0.1) is 14.2 Å². The number of benzene rings is 2. The number of methoxy groups -OCH3 is 2. The van der Waals surface area contributed by atoms with E-state index >= 15 is 0 Å². The summed E-state index contributed by atoms with van der Waals surface area (Å²) in [5, 5.41) is 0. The molecular weight excluding hydrogens is 302 g/mol. The van der Waals surface area contributed by atoms with Crippen molar-refractivity contribution in [3.8, 4) is 11.5 Å². The molecular formula is C20H23NO3. The Balaban J connectivity index is 1.93. The molecule has 0 fully saturated rings. The minimum absolute atomic E-state index is 0.0907. The van der Waals surface area contributed by atoms with E-state index in [0.717, 1.165) is 28.2 Å². The van der Waals surface area contributed by atoms with Crippen LogP contribution in [0, 0.1) is 0 Å². The van der Waals surface area contributed by atoms with Crippen LogP contribution in [0.2, 0.25) is 0 Å². The summed E-state index contributed by atoms with van der Waals surface area (Å²) in [6, 6.07) is 12.0. The van der Waals surface area contributed by atoms with Gasteiger partial charge in [0.25, 0.3) is 0 Å². The van der Waals surface area contributed by atoms with Crippen molar-refractivity contribution in [1.82, 2.24) is 4.98 Å². The van der Waals surface area contributed by atoms with Crippen LogP contribution in [0.3, 0.4) is 0 Å². The predicted octanol–water partition coefficient (Wildman–Crippen LogP) is 4.73. The Bertz CT molecular complexity index is 837. The number of nitrogens with zero attached hydrogens (tertiary/aromatic N) is 1. The summed E-state index contributed by atoms with van der Waals surface area (Å²) in [6.45, 7) is 6.58. The zero-order valence-electron chi connectivity index (χ0n) is 14.8. The first-order valence-corrected chi connectivity index (χ1v) is 8.01. The van der Waals surface area contributed by atoms with Crippen molar-refractivity contribution in [2.24, 2.45) is 0 Å². The molecule has 24 heavy (non-hydrogen) atoms. The van der Waals surface area contributed by atoms with Gasteiger partial charge in [0.2, 0.25) is 0 Å². The van der Waals surface area contributed by atoms with Gasteiger partial charge in [-0.1, -0.05) is 26.8 Å². The topological polar surface area (TPSA) is 44.5 Å². The molecule has 0 saturated carbocycles. The minimum atomic E-state index is 0.0907. The third-order valence-electron chi connectivity index (χ3n) is 4.06. The van der Waals surface area contributed by atoms with Gasteiger partial charge in [-0.2, -0.15) is 0 Å². The van der Waals surface area contributed by atoms with Crippen molar-refractivity contribution >= 4 is 11.1 Å². The highest BCUT2D eigenvalue weighted by Crippen LogP contribution is 2.28. The van der Waals surface area contributed by atoms with E-state index in [0.29, 0.717) is 12.3 Å². The van der Waals surface area contributed by atoms with Crippen molar-refractivity contribution in [3.63, 3.8) is 0 Å². The molecule has 0 N–H and O–H groups in total. The van der Waals surface area contributed by atoms with Crippen molar-refractivity contribution in [1.29, 1.82) is 0 Å². The number of hydrogen-bond acceptors (Lipinski definition) is 4. The van der Waals surface area contributed by atoms with Crippen molar-refractivity contribution < 1.29 is 13.9 Å². The lowest BCUT2D eigenvalue weighted by molar-refractivity contribution is 0.393. The lowest BCUT2D eigenvalue weighted by atomic mass is 9.87. The molecule has 0 aliphatic rings. The Labute approximate surface area is 142 Å². The molecule has 0 aliphatic heterocycles. The minimum Gasteiger partial charge on any atom is -0.497 e. The van der Waals surface area contributed by atoms with Crippen molar-refractivity contribution in [2.75, 3.05) is 14.2 Å². The fourth-order valence-electron chi connectivity index (χ4n) is 2.66. The predicted molar refractivity (Wildman–Crippen MR) is 95.1 cm³/mol. The molecule has 0 saturated heterocycles. The fraction of sp³-hybridized carbons (Fsp3) is 0.350. The van der Waals surface area contributed by atoms with E-state index in [9.17, 15) is 0 Å². The zero-order chi connectivity index (χ0) is 17.3. The molecule has 2 aromatic carbocycles. The van der Waals surface area contributed by atoms with Crippen LogP contribution in [0.5, 0.6) is 11.5 Å². The average Bonchev–Trinajstić information content (AvgIpc) is 2.94. The zero-order valence-corrected chi connectivity index (χ0v) is 14.8. The maximum Gasteiger partial charge on any atom is 0.199 e. The van der Waals surface area contributed by atoms with Gasteiger partial charge < -0.3 is 13.9 Å². The van der Waals surface area contributed by atoms with Crippen molar-refractivity contribution in [2.45, 2.75) is 32.6 Å². The van der Waals surface area contributed by atoms with Crippen LogP contribution in [0.4, 0.5) is 0 Å². The number of rotatable bonds is 4. The van der Waals surface area contributed by atoms with Crippen LogP contribution in [0.15, 0.2) is 40.8 Å². The second-order valence-electron chi connectivity index (χ2n) is 6.94. The summed E-state index contributed by atoms with van der Waals surface area (Å²) in [5.41, 5.74) is 4.08. The van der Waals surface area contributed by atoms with Crippen molar-refractivity contribution in [3.05, 3.63) is 53.4 Å². The first-order valence-electron chi connectivity index (χ1n) is 8.01. The van der Waals surface area contributed by atoms with Crippen LogP contribution in [-0.2, 0) is 11.8 Å². The number of aromatic nitrogens is 1. The van der Waals surface area contributed by atoms with Gasteiger partial charge in [-0.05, 0) is 40.8 Å². The highest BCUT2D eigenvalue weighted by molar-refractivity contribution is 5.73. The lowest BCUT2D eigenvalue weighted by Gasteiger charge is -2.18. The Kier molecular flexibility index (Phi) is 4.22. The van der Waals surface area contributed by atoms with Gasteiger partial charge in [0.15, 0.2) is 11.5 Å². The smallest absolute Gasteiger partial charge is 0.199 e. The summed E-state index contributed by atoms with van der Waals surface area (Å²) in [7, 11) is 3.29. The van der Waals surface area contributed by atoms with Crippen LogP contribution < -0.4 is 9.47 Å². The third-order valence-corrected chi connectivity index (χ3v) is 4.06. The second-order valence-corrected chi connectivity index (χ2v) is 6.94. The molecule has 0 bridgehead atoms. The van der Waals surface area contributed by atoms with Crippen LogP contribution in [-0.4, -0.2) is 19.2 Å². The molecule has 1 heterocycles. The van der Waals surface area contributed by atoms with Gasteiger partial charge >= 0.3 is 0 Å². The normalized spacial score (nSPS) is 11.7. The summed E-state index contributed by atoms with van der Waals surface area (Å²) < 4.78 is 16.5. The maximum atomic E-state index is 5.89. The molecule has 1 aromatic heterocycles. The lowest BCUT2D eigenvalue weighted by Crippen LogP contribution is -2.10. The standard InChI is InChI=1S/C20H23NO3/c1-20(2,3)14-6-7-18-17(11-14)21-19(24-18)10-13-8-15(22-4)12-16(9-13)23-5/h6-9,11-12H,10H2,1-5H3. The van der Waals surface area contributed by atoms with Gasteiger partial charge in [0, 0.05) is 12.5 Å². The number of hydrogen-bond donors (Lipinski definition) is 0. The first kappa shape index (κ1) is 16.4. The fourth-order valence-corrected chi connectivity index (χ4v) is 2.66.